The normalized spacial score (nSPS) is 10.9. The summed E-state index contributed by atoms with van der Waals surface area (Å²) in [4.78, 5) is 32.9. The fourth-order valence-electron chi connectivity index (χ4n) is 0.772. The molecule has 0 spiro atoms. The molecular formula is C10H16O4S. The molecule has 15 heavy (non-hydrogen) atoms. The van der Waals surface area contributed by atoms with E-state index in [2.05, 4.69) is 0 Å². The number of ketones is 1. The Balaban J connectivity index is 3.87. The first-order valence-corrected chi connectivity index (χ1v) is 5.56. The number of esters is 1. The molecule has 0 radical (unpaired) electrons. The fraction of sp³-hybridized carbons (Fsp3) is 0.700. The van der Waals surface area contributed by atoms with E-state index in [1.165, 1.54) is 6.92 Å². The van der Waals surface area contributed by atoms with Crippen molar-refractivity contribution in [2.24, 2.45) is 0 Å². The number of carbonyl (C=O) groups is 3. The van der Waals surface area contributed by atoms with E-state index in [1.54, 1.807) is 20.8 Å². The van der Waals surface area contributed by atoms with Crippen molar-refractivity contribution in [3.05, 3.63) is 0 Å². The molecule has 0 fully saturated rings. The molecule has 0 aromatic carbocycles. The maximum Gasteiger partial charge on any atom is 0.313 e. The molecule has 5 heteroatoms. The zero-order valence-corrected chi connectivity index (χ0v) is 10.3. The molecule has 0 saturated heterocycles. The van der Waals surface area contributed by atoms with Crippen molar-refractivity contribution in [2.75, 3.05) is 5.75 Å². The second kappa shape index (κ2) is 5.90. The molecular weight excluding hydrogens is 216 g/mol. The van der Waals surface area contributed by atoms with Crippen LogP contribution in [0.2, 0.25) is 0 Å². The Morgan fingerprint density at radius 2 is 1.73 bits per heavy atom. The molecule has 0 heterocycles. The van der Waals surface area contributed by atoms with Gasteiger partial charge in [-0.1, -0.05) is 11.8 Å². The van der Waals surface area contributed by atoms with Crippen molar-refractivity contribution in [1.82, 2.24) is 0 Å². The van der Waals surface area contributed by atoms with Gasteiger partial charge in [0.1, 0.15) is 12.0 Å². The maximum absolute atomic E-state index is 11.2. The van der Waals surface area contributed by atoms with Crippen LogP contribution >= 0.6 is 11.8 Å². The van der Waals surface area contributed by atoms with Crippen LogP contribution in [-0.2, 0) is 19.1 Å². The van der Waals surface area contributed by atoms with Crippen molar-refractivity contribution in [3.8, 4) is 0 Å². The van der Waals surface area contributed by atoms with E-state index >= 15 is 0 Å². The summed E-state index contributed by atoms with van der Waals surface area (Å²) in [6.07, 6.45) is -0.266. The summed E-state index contributed by atoms with van der Waals surface area (Å²) in [5, 5.41) is -0.132. The van der Waals surface area contributed by atoms with Crippen molar-refractivity contribution < 1.29 is 19.1 Å². The molecule has 0 rings (SSSR count). The number of rotatable bonds is 4. The quantitative estimate of drug-likeness (QED) is 0.544. The Labute approximate surface area is 93.7 Å². The molecule has 0 unspecified atom stereocenters. The topological polar surface area (TPSA) is 60.4 Å². The Hall–Kier alpha value is -0.840. The van der Waals surface area contributed by atoms with Gasteiger partial charge < -0.3 is 4.74 Å². The van der Waals surface area contributed by atoms with Crippen molar-refractivity contribution >= 4 is 28.6 Å². The summed E-state index contributed by atoms with van der Waals surface area (Å²) < 4.78 is 4.96. The van der Waals surface area contributed by atoms with Gasteiger partial charge in [0.2, 0.25) is 0 Å². The number of ether oxygens (including phenoxy) is 1. The lowest BCUT2D eigenvalue weighted by Crippen LogP contribution is -2.25. The van der Waals surface area contributed by atoms with Crippen LogP contribution in [0, 0.1) is 0 Å². The number of hydrogen-bond donors (Lipinski definition) is 0. The van der Waals surface area contributed by atoms with E-state index in [0.717, 1.165) is 11.8 Å². The smallest absolute Gasteiger partial charge is 0.313 e. The lowest BCUT2D eigenvalue weighted by Gasteiger charge is -2.19. The molecule has 86 valence electrons. The molecule has 0 aliphatic carbocycles. The predicted octanol–water partition coefficient (Wildman–Crippen LogP) is 1.57. The van der Waals surface area contributed by atoms with E-state index in [1.807, 2.05) is 0 Å². The molecule has 0 aliphatic rings. The van der Waals surface area contributed by atoms with Gasteiger partial charge in [-0.25, -0.2) is 0 Å². The summed E-state index contributed by atoms with van der Waals surface area (Å²) >= 11 is 0.903. The van der Waals surface area contributed by atoms with Gasteiger partial charge in [0.15, 0.2) is 10.9 Å². The van der Waals surface area contributed by atoms with Gasteiger partial charge in [-0.2, -0.15) is 0 Å². The van der Waals surface area contributed by atoms with Crippen molar-refractivity contribution in [3.63, 3.8) is 0 Å². The Morgan fingerprint density at radius 3 is 2.13 bits per heavy atom. The molecule has 0 amide bonds. The predicted molar refractivity (Wildman–Crippen MR) is 58.6 cm³/mol. The first kappa shape index (κ1) is 14.2. The number of hydrogen-bond acceptors (Lipinski definition) is 5. The highest BCUT2D eigenvalue weighted by molar-refractivity contribution is 8.14. The first-order valence-electron chi connectivity index (χ1n) is 4.57. The minimum absolute atomic E-state index is 0.0363. The van der Waals surface area contributed by atoms with Gasteiger partial charge in [0.05, 0.1) is 5.75 Å². The third-order valence-electron chi connectivity index (χ3n) is 1.20. The number of carbonyl (C=O) groups excluding carboxylic acids is 3. The Morgan fingerprint density at radius 1 is 1.20 bits per heavy atom. The van der Waals surface area contributed by atoms with Gasteiger partial charge in [0.25, 0.3) is 0 Å². The fourth-order valence-corrected chi connectivity index (χ4v) is 1.24. The lowest BCUT2D eigenvalue weighted by molar-refractivity contribution is -0.155. The van der Waals surface area contributed by atoms with Crippen LogP contribution in [0.4, 0.5) is 0 Å². The molecule has 4 nitrogen and oxygen atoms in total. The maximum atomic E-state index is 11.2. The van der Waals surface area contributed by atoms with Crippen LogP contribution in [0.1, 0.15) is 34.1 Å². The third kappa shape index (κ3) is 9.46. The van der Waals surface area contributed by atoms with Crippen molar-refractivity contribution in [2.45, 2.75) is 39.7 Å². The molecule has 0 atom stereocenters. The monoisotopic (exact) mass is 232 g/mol. The van der Waals surface area contributed by atoms with Crippen LogP contribution in [-0.4, -0.2) is 28.2 Å². The molecule has 0 bridgehead atoms. The third-order valence-corrected chi connectivity index (χ3v) is 2.07. The van der Waals surface area contributed by atoms with Gasteiger partial charge in [-0.15, -0.1) is 0 Å². The van der Waals surface area contributed by atoms with Gasteiger partial charge in [0, 0.05) is 6.92 Å². The highest BCUT2D eigenvalue weighted by atomic mass is 32.2. The van der Waals surface area contributed by atoms with Gasteiger partial charge in [-0.3, -0.25) is 14.4 Å². The number of thioether (sulfide) groups is 1. The standard InChI is InChI=1S/C10H16O4S/c1-7(11)15-6-8(12)5-9(13)14-10(2,3)4/h5-6H2,1-4H3. The molecule has 0 aliphatic heterocycles. The Bertz CT molecular complexity index is 265. The van der Waals surface area contributed by atoms with E-state index in [-0.39, 0.29) is 23.1 Å². The second-order valence-corrected chi connectivity index (χ2v) is 5.23. The highest BCUT2D eigenvalue weighted by Crippen LogP contribution is 2.09. The zero-order valence-electron chi connectivity index (χ0n) is 9.46. The van der Waals surface area contributed by atoms with Crippen molar-refractivity contribution in [1.29, 1.82) is 0 Å². The van der Waals surface area contributed by atoms with E-state index < -0.39 is 11.6 Å². The minimum atomic E-state index is -0.578. The molecule has 0 N–H and O–H groups in total. The first-order chi connectivity index (χ1) is 6.70. The van der Waals surface area contributed by atoms with Crippen LogP contribution < -0.4 is 0 Å². The largest absolute Gasteiger partial charge is 0.460 e. The molecule has 0 aromatic heterocycles. The average Bonchev–Trinajstić information content (AvgIpc) is 1.96. The van der Waals surface area contributed by atoms with E-state index in [4.69, 9.17) is 4.74 Å². The molecule has 0 saturated carbocycles. The second-order valence-electron chi connectivity index (χ2n) is 4.08. The SMILES string of the molecule is CC(=O)SCC(=O)CC(=O)OC(C)(C)C. The van der Waals surface area contributed by atoms with Crippen LogP contribution in [0.5, 0.6) is 0 Å². The zero-order chi connectivity index (χ0) is 12.1. The minimum Gasteiger partial charge on any atom is -0.460 e. The van der Waals surface area contributed by atoms with Crippen LogP contribution in [0.3, 0.4) is 0 Å². The summed E-state index contributed by atoms with van der Waals surface area (Å²) in [7, 11) is 0. The number of Topliss-reactive ketones (excluding diaryl/α,β-unsaturated/α-hetero) is 1. The summed E-state index contributed by atoms with van der Waals surface area (Å²) in [5.74, 6) is -0.796. The van der Waals surface area contributed by atoms with Crippen LogP contribution in [0.25, 0.3) is 0 Å². The van der Waals surface area contributed by atoms with Gasteiger partial charge in [-0.05, 0) is 20.8 Å². The van der Waals surface area contributed by atoms with Crippen LogP contribution in [0.15, 0.2) is 0 Å². The molecule has 0 aromatic rings. The summed E-state index contributed by atoms with van der Waals surface area (Å²) in [5.41, 5.74) is -0.578. The lowest BCUT2D eigenvalue weighted by atomic mass is 10.2. The Kier molecular flexibility index (Phi) is 5.57. The highest BCUT2D eigenvalue weighted by Gasteiger charge is 2.18. The van der Waals surface area contributed by atoms with Gasteiger partial charge >= 0.3 is 5.97 Å². The summed E-state index contributed by atoms with van der Waals surface area (Å²) in [6, 6.07) is 0. The van der Waals surface area contributed by atoms with E-state index in [0.29, 0.717) is 0 Å². The van der Waals surface area contributed by atoms with E-state index in [9.17, 15) is 14.4 Å². The average molecular weight is 232 g/mol. The summed E-state index contributed by atoms with van der Waals surface area (Å²) in [6.45, 7) is 6.59.